The molecule has 1 N–H and O–H groups in total. The van der Waals surface area contributed by atoms with Crippen LogP contribution in [0.2, 0.25) is 0 Å². The van der Waals surface area contributed by atoms with Crippen LogP contribution >= 0.6 is 11.8 Å². The minimum absolute atomic E-state index is 0.0718. The van der Waals surface area contributed by atoms with Crippen molar-refractivity contribution in [2.45, 2.75) is 30.3 Å². The zero-order valence-electron chi connectivity index (χ0n) is 15.3. The first-order valence-electron chi connectivity index (χ1n) is 8.86. The van der Waals surface area contributed by atoms with Crippen LogP contribution in [0.25, 0.3) is 11.1 Å². The second-order valence-corrected chi connectivity index (χ2v) is 9.53. The van der Waals surface area contributed by atoms with Crippen LogP contribution in [-0.4, -0.2) is 41.1 Å². The fourth-order valence-corrected chi connectivity index (χ4v) is 4.65. The Morgan fingerprint density at radius 1 is 1.15 bits per heavy atom. The lowest BCUT2D eigenvalue weighted by Crippen LogP contribution is -2.45. The molecule has 1 atom stereocenters. The number of thioether (sulfide) groups is 1. The van der Waals surface area contributed by atoms with E-state index in [0.29, 0.717) is 0 Å². The van der Waals surface area contributed by atoms with Gasteiger partial charge in [0.15, 0.2) is 0 Å². The molecule has 3 rings (SSSR count). The van der Waals surface area contributed by atoms with Gasteiger partial charge in [0.2, 0.25) is 0 Å². The third-order valence-electron chi connectivity index (χ3n) is 4.72. The van der Waals surface area contributed by atoms with Crippen molar-refractivity contribution < 1.29 is 8.76 Å². The molecule has 0 aliphatic carbocycles. The first kappa shape index (κ1) is 19.6. The smallest absolute Gasteiger partial charge is 0.120 e. The molecule has 2 aromatic carbocycles. The molecule has 0 bridgehead atoms. The Morgan fingerprint density at radius 3 is 2.46 bits per heavy atom. The second kappa shape index (κ2) is 8.67. The van der Waals surface area contributed by atoms with Crippen LogP contribution in [0.5, 0.6) is 0 Å². The summed E-state index contributed by atoms with van der Waals surface area (Å²) < 4.78 is 25.4. The summed E-state index contributed by atoms with van der Waals surface area (Å²) in [5.74, 6) is 0. The number of benzene rings is 2. The molecule has 26 heavy (non-hydrogen) atoms. The Morgan fingerprint density at radius 2 is 1.85 bits per heavy atom. The number of nitrogens with zero attached hydrogens (tertiary/aromatic N) is 1. The van der Waals surface area contributed by atoms with Gasteiger partial charge in [0.25, 0.3) is 0 Å². The molecule has 2 aromatic rings. The highest BCUT2D eigenvalue weighted by molar-refractivity contribution is 7.98. The zero-order valence-corrected chi connectivity index (χ0v) is 16.9. The normalized spacial score (nSPS) is 18.6. The molecular weight excluding hydrogens is 364 g/mol. The summed E-state index contributed by atoms with van der Waals surface area (Å²) >= 11 is 1.75. The molecular formula is C20H26N2O2S2. The standard InChI is InChI=1S/C20H26N2O2S2/c1-25-20-8-6-17(7-9-20)18-5-3-4-16(14-18)15-22-12-10-19(11-13-22)21-26(2,23)24/h3-9,14,19H,10-13,15H2,1-2H3,(H-,21,23,24). The van der Waals surface area contributed by atoms with E-state index >= 15 is 0 Å². The molecule has 1 aliphatic heterocycles. The molecule has 0 saturated carbocycles. The van der Waals surface area contributed by atoms with E-state index in [1.807, 2.05) is 0 Å². The average molecular weight is 391 g/mol. The van der Waals surface area contributed by atoms with Crippen LogP contribution in [0.1, 0.15) is 18.4 Å². The summed E-state index contributed by atoms with van der Waals surface area (Å²) in [5.41, 5.74) is 3.77. The molecule has 6 heteroatoms. The molecule has 140 valence electrons. The maximum Gasteiger partial charge on any atom is 0.120 e. The summed E-state index contributed by atoms with van der Waals surface area (Å²) in [5, 5.41) is 0. The first-order valence-corrected chi connectivity index (χ1v) is 12.0. The van der Waals surface area contributed by atoms with E-state index in [9.17, 15) is 8.76 Å². The second-order valence-electron chi connectivity index (χ2n) is 6.87. The van der Waals surface area contributed by atoms with Crippen molar-refractivity contribution in [3.8, 4) is 11.1 Å². The monoisotopic (exact) mass is 390 g/mol. The molecule has 0 aromatic heterocycles. The van der Waals surface area contributed by atoms with E-state index < -0.39 is 10.4 Å². The third kappa shape index (κ3) is 5.66. The lowest BCUT2D eigenvalue weighted by atomic mass is 10.0. The van der Waals surface area contributed by atoms with Gasteiger partial charge in [0, 0.05) is 24.5 Å². The number of sulfonamides is 1. The van der Waals surface area contributed by atoms with Crippen LogP contribution in [0.4, 0.5) is 0 Å². The average Bonchev–Trinajstić information content (AvgIpc) is 2.62. The van der Waals surface area contributed by atoms with Crippen molar-refractivity contribution in [2.24, 2.45) is 0 Å². The lowest BCUT2D eigenvalue weighted by molar-refractivity contribution is 0.199. The van der Waals surface area contributed by atoms with E-state index in [1.54, 1.807) is 11.8 Å². The largest absolute Gasteiger partial charge is 0.598 e. The highest BCUT2D eigenvalue weighted by Crippen LogP contribution is 2.24. The third-order valence-corrected chi connectivity index (χ3v) is 6.23. The summed E-state index contributed by atoms with van der Waals surface area (Å²) in [6, 6.07) is 17.4. The van der Waals surface area contributed by atoms with E-state index in [1.165, 1.54) is 27.8 Å². The predicted molar refractivity (Wildman–Crippen MR) is 110 cm³/mol. The van der Waals surface area contributed by atoms with Crippen LogP contribution in [0, 0.1) is 0 Å². The van der Waals surface area contributed by atoms with Crippen molar-refractivity contribution in [3.05, 3.63) is 54.1 Å². The van der Waals surface area contributed by atoms with E-state index in [-0.39, 0.29) is 6.04 Å². The van der Waals surface area contributed by atoms with Crippen molar-refractivity contribution in [1.82, 2.24) is 9.62 Å². The quantitative estimate of drug-likeness (QED) is 0.602. The van der Waals surface area contributed by atoms with Gasteiger partial charge in [-0.3, -0.25) is 4.90 Å². The molecule has 1 unspecified atom stereocenters. The molecule has 0 spiro atoms. The Labute approximate surface area is 161 Å². The fraction of sp³-hybridized carbons (Fsp3) is 0.400. The van der Waals surface area contributed by atoms with E-state index in [2.05, 4.69) is 64.4 Å². The van der Waals surface area contributed by atoms with E-state index in [4.69, 9.17) is 0 Å². The predicted octanol–water partition coefficient (Wildman–Crippen LogP) is 3.80. The van der Waals surface area contributed by atoms with Crippen LogP contribution < -0.4 is 4.72 Å². The molecule has 1 fully saturated rings. The number of rotatable bonds is 6. The minimum atomic E-state index is -3.11. The number of hydrogen-bond donors (Lipinski definition) is 1. The van der Waals surface area contributed by atoms with Crippen molar-refractivity contribution >= 4 is 22.2 Å². The van der Waals surface area contributed by atoms with Crippen molar-refractivity contribution in [2.75, 3.05) is 25.6 Å². The van der Waals surface area contributed by atoms with Gasteiger partial charge in [0.05, 0.1) is 6.04 Å². The Bertz CT molecular complexity index is 766. The van der Waals surface area contributed by atoms with Gasteiger partial charge in [-0.2, -0.15) is 0 Å². The summed E-state index contributed by atoms with van der Waals surface area (Å²) in [7, 11) is -3.11. The van der Waals surface area contributed by atoms with Gasteiger partial charge in [-0.1, -0.05) is 34.5 Å². The van der Waals surface area contributed by atoms with Gasteiger partial charge in [-0.15, -0.1) is 16.5 Å². The maximum absolute atomic E-state index is 11.4. The maximum atomic E-state index is 11.4. The highest BCUT2D eigenvalue weighted by atomic mass is 32.3. The Kier molecular flexibility index (Phi) is 6.53. The number of piperidine rings is 1. The molecule has 0 radical (unpaired) electrons. The summed E-state index contributed by atoms with van der Waals surface area (Å²) in [4.78, 5) is 3.67. The SMILES string of the molecule is CSc1ccc(-c2cccc(CN3CCC(N[S+](C)(=O)[O-])CC3)c2)cc1. The molecule has 1 saturated heterocycles. The van der Waals surface area contributed by atoms with Gasteiger partial charge in [-0.05, 0) is 54.0 Å². The zero-order chi connectivity index (χ0) is 18.6. The van der Waals surface area contributed by atoms with Gasteiger partial charge < -0.3 is 4.55 Å². The molecule has 4 nitrogen and oxygen atoms in total. The Hall–Kier alpha value is -1.18. The lowest BCUT2D eigenvalue weighted by Gasteiger charge is -2.32. The number of hydrogen-bond acceptors (Lipinski definition) is 4. The molecule has 0 amide bonds. The molecule has 1 aliphatic rings. The fourth-order valence-electron chi connectivity index (χ4n) is 3.40. The van der Waals surface area contributed by atoms with Crippen molar-refractivity contribution in [1.29, 1.82) is 0 Å². The molecule has 1 heterocycles. The first-order chi connectivity index (χ1) is 12.4. The van der Waals surface area contributed by atoms with Crippen LogP contribution in [0.15, 0.2) is 53.4 Å². The van der Waals surface area contributed by atoms with E-state index in [0.717, 1.165) is 32.5 Å². The van der Waals surface area contributed by atoms with Gasteiger partial charge in [-0.25, -0.2) is 0 Å². The van der Waals surface area contributed by atoms with Gasteiger partial charge in [0.1, 0.15) is 16.7 Å². The highest BCUT2D eigenvalue weighted by Gasteiger charge is 2.23. The number of nitrogens with one attached hydrogen (secondary N) is 1. The summed E-state index contributed by atoms with van der Waals surface area (Å²) in [6.45, 7) is 2.74. The number of likely N-dealkylation sites (tertiary alicyclic amines) is 1. The topological polar surface area (TPSA) is 55.4 Å². The summed E-state index contributed by atoms with van der Waals surface area (Å²) in [6.07, 6.45) is 5.05. The van der Waals surface area contributed by atoms with Crippen LogP contribution in [0.3, 0.4) is 0 Å². The Balaban J connectivity index is 1.60. The minimum Gasteiger partial charge on any atom is -0.598 e. The van der Waals surface area contributed by atoms with Crippen molar-refractivity contribution in [3.63, 3.8) is 0 Å². The van der Waals surface area contributed by atoms with Crippen LogP contribution in [-0.2, 0) is 21.2 Å². The van der Waals surface area contributed by atoms with Gasteiger partial charge >= 0.3 is 0 Å².